The molecule has 0 aromatic heterocycles. The van der Waals surface area contributed by atoms with Gasteiger partial charge in [0.1, 0.15) is 0 Å². The van der Waals surface area contributed by atoms with Gasteiger partial charge in [-0.1, -0.05) is 28.1 Å². The number of hydrogen-bond acceptors (Lipinski definition) is 4. The third-order valence-electron chi connectivity index (χ3n) is 4.01. The smallest absolute Gasteiger partial charge is 0.227 e. The van der Waals surface area contributed by atoms with Crippen molar-refractivity contribution in [1.82, 2.24) is 0 Å². The molecule has 1 amide bonds. The maximum absolute atomic E-state index is 13.5. The molecule has 7 heteroatoms. The molecule has 0 unspecified atom stereocenters. The van der Waals surface area contributed by atoms with E-state index in [-0.39, 0.29) is 24.7 Å². The van der Waals surface area contributed by atoms with Gasteiger partial charge in [-0.05, 0) is 30.3 Å². The van der Waals surface area contributed by atoms with E-state index in [1.54, 1.807) is 12.1 Å². The minimum Gasteiger partial charge on any atom is -0.490 e. The molecule has 0 aliphatic carbocycles. The molecule has 1 aliphatic rings. The molecule has 26 heavy (non-hydrogen) atoms. The monoisotopic (exact) mass is 422 g/mol. The second kappa shape index (κ2) is 9.00. The molecule has 1 aliphatic heterocycles. The molecule has 2 aromatic carbocycles. The van der Waals surface area contributed by atoms with Crippen molar-refractivity contribution in [2.45, 2.75) is 6.42 Å². The largest absolute Gasteiger partial charge is 0.490 e. The first-order chi connectivity index (χ1) is 12.6. The van der Waals surface area contributed by atoms with E-state index in [9.17, 15) is 9.18 Å². The van der Waals surface area contributed by atoms with E-state index in [0.717, 1.165) is 28.9 Å². The van der Waals surface area contributed by atoms with Crippen molar-refractivity contribution in [3.63, 3.8) is 0 Å². The van der Waals surface area contributed by atoms with Crippen molar-refractivity contribution >= 4 is 33.2 Å². The molecule has 1 heterocycles. The van der Waals surface area contributed by atoms with Gasteiger partial charge in [-0.25, -0.2) is 4.39 Å². The summed E-state index contributed by atoms with van der Waals surface area (Å²) in [6, 6.07) is 11.9. The number of anilines is 2. The van der Waals surface area contributed by atoms with E-state index >= 15 is 0 Å². The van der Waals surface area contributed by atoms with Gasteiger partial charge in [0.2, 0.25) is 5.91 Å². The summed E-state index contributed by atoms with van der Waals surface area (Å²) in [6.07, 6.45) is 0.128. The van der Waals surface area contributed by atoms with E-state index in [4.69, 9.17) is 9.47 Å². The van der Waals surface area contributed by atoms with E-state index in [1.165, 1.54) is 12.1 Å². The first-order valence-electron chi connectivity index (χ1n) is 8.43. The van der Waals surface area contributed by atoms with Crippen molar-refractivity contribution in [3.05, 3.63) is 52.8 Å². The van der Waals surface area contributed by atoms with Crippen LogP contribution in [0.3, 0.4) is 0 Å². The van der Waals surface area contributed by atoms with Crippen molar-refractivity contribution in [1.29, 1.82) is 0 Å². The summed E-state index contributed by atoms with van der Waals surface area (Å²) in [5.41, 5.74) is 1.69. The van der Waals surface area contributed by atoms with Gasteiger partial charge in [-0.15, -0.1) is 0 Å². The minimum absolute atomic E-state index is 0.105. The zero-order chi connectivity index (χ0) is 18.4. The third-order valence-corrected chi connectivity index (χ3v) is 4.50. The Labute approximate surface area is 160 Å². The Balaban J connectivity index is 1.59. The van der Waals surface area contributed by atoms with Crippen LogP contribution in [-0.2, 0) is 9.53 Å². The van der Waals surface area contributed by atoms with Crippen molar-refractivity contribution in [3.8, 4) is 5.75 Å². The van der Waals surface area contributed by atoms with Crippen LogP contribution in [0.25, 0.3) is 0 Å². The molecule has 0 bridgehead atoms. The predicted molar refractivity (Wildman–Crippen MR) is 102 cm³/mol. The zero-order valence-electron chi connectivity index (χ0n) is 14.2. The number of carbonyl (C=O) groups is 1. The summed E-state index contributed by atoms with van der Waals surface area (Å²) in [6.45, 7) is 3.00. The number of nitrogens with zero attached hydrogens (tertiary/aromatic N) is 1. The summed E-state index contributed by atoms with van der Waals surface area (Å²) in [4.78, 5) is 14.5. The molecule has 1 N–H and O–H groups in total. The Bertz CT molecular complexity index is 766. The molecule has 2 aromatic rings. The van der Waals surface area contributed by atoms with Crippen LogP contribution in [0.5, 0.6) is 5.75 Å². The Morgan fingerprint density at radius 1 is 1.23 bits per heavy atom. The predicted octanol–water partition coefficient (Wildman–Crippen LogP) is 3.83. The van der Waals surface area contributed by atoms with Gasteiger partial charge in [0, 0.05) is 17.6 Å². The quantitative estimate of drug-likeness (QED) is 0.768. The normalized spacial score (nSPS) is 14.2. The maximum Gasteiger partial charge on any atom is 0.227 e. The maximum atomic E-state index is 13.5. The van der Waals surface area contributed by atoms with Crippen LogP contribution >= 0.6 is 15.9 Å². The minimum atomic E-state index is -0.436. The highest BCUT2D eigenvalue weighted by molar-refractivity contribution is 9.10. The van der Waals surface area contributed by atoms with Gasteiger partial charge in [0.05, 0.1) is 37.6 Å². The number of rotatable bonds is 6. The summed E-state index contributed by atoms with van der Waals surface area (Å²) in [5, 5.41) is 2.92. The molecule has 3 rings (SSSR count). The van der Waals surface area contributed by atoms with Crippen LogP contribution < -0.4 is 15.0 Å². The second-order valence-corrected chi connectivity index (χ2v) is 6.75. The van der Waals surface area contributed by atoms with E-state index in [1.807, 2.05) is 18.2 Å². The highest BCUT2D eigenvalue weighted by atomic mass is 79.9. The van der Waals surface area contributed by atoms with Crippen LogP contribution in [-0.4, -0.2) is 38.8 Å². The lowest BCUT2D eigenvalue weighted by molar-refractivity contribution is -0.116. The highest BCUT2D eigenvalue weighted by Gasteiger charge is 2.16. The van der Waals surface area contributed by atoms with Crippen molar-refractivity contribution in [2.24, 2.45) is 0 Å². The Morgan fingerprint density at radius 2 is 2.00 bits per heavy atom. The second-order valence-electron chi connectivity index (χ2n) is 5.84. The van der Waals surface area contributed by atoms with Gasteiger partial charge in [-0.2, -0.15) is 0 Å². The van der Waals surface area contributed by atoms with E-state index < -0.39 is 5.82 Å². The van der Waals surface area contributed by atoms with E-state index in [0.29, 0.717) is 13.2 Å². The summed E-state index contributed by atoms with van der Waals surface area (Å²) in [7, 11) is 0. The van der Waals surface area contributed by atoms with Crippen LogP contribution in [0.4, 0.5) is 15.8 Å². The summed E-state index contributed by atoms with van der Waals surface area (Å²) in [5.74, 6) is -0.472. The van der Waals surface area contributed by atoms with E-state index in [2.05, 4.69) is 26.1 Å². The number of carbonyl (C=O) groups excluding carboxylic acids is 1. The van der Waals surface area contributed by atoms with Gasteiger partial charge in [0.25, 0.3) is 0 Å². The molecule has 1 fully saturated rings. The Hall–Kier alpha value is -2.12. The lowest BCUT2D eigenvalue weighted by atomic mass is 10.2. The molecule has 0 spiro atoms. The fourth-order valence-electron chi connectivity index (χ4n) is 2.72. The number of benzene rings is 2. The fourth-order valence-corrected chi connectivity index (χ4v) is 3.08. The zero-order valence-corrected chi connectivity index (χ0v) is 15.8. The standard InChI is InChI=1S/C19H20BrFN2O3/c20-14-5-6-17(23-8-11-25-12-9-23)16(13-14)22-19(24)7-10-26-18-4-2-1-3-15(18)21/h1-6,13H,7-12H2,(H,22,24). The third kappa shape index (κ3) is 4.95. The molecular formula is C19H20BrFN2O3. The molecule has 5 nitrogen and oxygen atoms in total. The number of morpholine rings is 1. The van der Waals surface area contributed by atoms with Gasteiger partial charge >= 0.3 is 0 Å². The molecule has 138 valence electrons. The average Bonchev–Trinajstić information content (AvgIpc) is 2.64. The number of nitrogens with one attached hydrogen (secondary N) is 1. The number of halogens is 2. The topological polar surface area (TPSA) is 50.8 Å². The average molecular weight is 423 g/mol. The SMILES string of the molecule is O=C(CCOc1ccccc1F)Nc1cc(Br)ccc1N1CCOCC1. The lowest BCUT2D eigenvalue weighted by Gasteiger charge is -2.30. The lowest BCUT2D eigenvalue weighted by Crippen LogP contribution is -2.36. The van der Waals surface area contributed by atoms with Crippen LogP contribution in [0, 0.1) is 5.82 Å². The molecule has 0 atom stereocenters. The fraction of sp³-hybridized carbons (Fsp3) is 0.316. The highest BCUT2D eigenvalue weighted by Crippen LogP contribution is 2.30. The summed E-state index contributed by atoms with van der Waals surface area (Å²) < 4.78 is 25.1. The van der Waals surface area contributed by atoms with Gasteiger partial charge < -0.3 is 19.7 Å². The van der Waals surface area contributed by atoms with Gasteiger partial charge in [0.15, 0.2) is 11.6 Å². The summed E-state index contributed by atoms with van der Waals surface area (Å²) >= 11 is 3.44. The number of hydrogen-bond donors (Lipinski definition) is 1. The van der Waals surface area contributed by atoms with Crippen LogP contribution in [0.2, 0.25) is 0 Å². The molecule has 1 saturated heterocycles. The first kappa shape index (κ1) is 18.7. The van der Waals surface area contributed by atoms with Crippen LogP contribution in [0.1, 0.15) is 6.42 Å². The molecular weight excluding hydrogens is 403 g/mol. The number of amides is 1. The number of para-hydroxylation sites is 1. The van der Waals surface area contributed by atoms with Crippen LogP contribution in [0.15, 0.2) is 46.9 Å². The Kier molecular flexibility index (Phi) is 6.46. The Morgan fingerprint density at radius 3 is 2.77 bits per heavy atom. The molecule has 0 radical (unpaired) electrons. The first-order valence-corrected chi connectivity index (χ1v) is 9.22. The molecule has 0 saturated carbocycles. The van der Waals surface area contributed by atoms with Gasteiger partial charge in [-0.3, -0.25) is 4.79 Å². The number of ether oxygens (including phenoxy) is 2. The van der Waals surface area contributed by atoms with Crippen molar-refractivity contribution < 1.29 is 18.7 Å². The van der Waals surface area contributed by atoms with Crippen molar-refractivity contribution in [2.75, 3.05) is 43.1 Å².